The fourth-order valence-electron chi connectivity index (χ4n) is 2.85. The van der Waals surface area contributed by atoms with Crippen molar-refractivity contribution in [1.82, 2.24) is 4.90 Å². The lowest BCUT2D eigenvalue weighted by atomic mass is 9.67. The van der Waals surface area contributed by atoms with Crippen molar-refractivity contribution in [3.05, 3.63) is 66.0 Å². The van der Waals surface area contributed by atoms with Gasteiger partial charge >= 0.3 is 0 Å². The van der Waals surface area contributed by atoms with Gasteiger partial charge in [-0.2, -0.15) is 0 Å². The Kier molecular flexibility index (Phi) is 2.97. The molecule has 0 fully saturated rings. The van der Waals surface area contributed by atoms with E-state index in [4.69, 9.17) is 4.74 Å². The summed E-state index contributed by atoms with van der Waals surface area (Å²) in [6, 6.07) is 7.95. The highest BCUT2D eigenvalue weighted by molar-refractivity contribution is 5.94. The first kappa shape index (κ1) is 12.7. The molecule has 0 saturated heterocycles. The first-order chi connectivity index (χ1) is 9.64. The number of rotatable bonds is 2. The molecule has 0 N–H and O–H groups in total. The number of ketones is 1. The molecule has 0 radical (unpaired) electrons. The smallest absolute Gasteiger partial charge is 0.157 e. The van der Waals surface area contributed by atoms with Crippen LogP contribution in [-0.2, 0) is 10.2 Å². The normalized spacial score (nSPS) is 24.4. The molecule has 0 aromatic heterocycles. The quantitative estimate of drug-likeness (QED) is 0.825. The molecule has 1 aromatic carbocycles. The minimum Gasteiger partial charge on any atom is -0.497 e. The molecule has 1 heterocycles. The van der Waals surface area contributed by atoms with E-state index in [1.54, 1.807) is 13.2 Å². The van der Waals surface area contributed by atoms with E-state index < -0.39 is 0 Å². The highest BCUT2D eigenvalue weighted by atomic mass is 16.5. The van der Waals surface area contributed by atoms with Gasteiger partial charge in [-0.1, -0.05) is 24.3 Å². The number of ether oxygens (including phenoxy) is 1. The summed E-state index contributed by atoms with van der Waals surface area (Å²) in [6.07, 6.45) is 10.2. The van der Waals surface area contributed by atoms with E-state index in [0.29, 0.717) is 6.42 Å². The topological polar surface area (TPSA) is 29.5 Å². The van der Waals surface area contributed by atoms with Crippen molar-refractivity contribution < 1.29 is 9.53 Å². The highest BCUT2D eigenvalue weighted by Gasteiger charge is 2.38. The lowest BCUT2D eigenvalue weighted by Gasteiger charge is -2.38. The van der Waals surface area contributed by atoms with Crippen LogP contribution in [0.3, 0.4) is 0 Å². The summed E-state index contributed by atoms with van der Waals surface area (Å²) in [5.41, 5.74) is 1.85. The standard InChI is InChI=1S/C17H17NO2/c1-18-9-8-17(11-15(19)7-6-14(17)12-18)13-4-3-5-16(10-13)20-2/h3-10,12H,11H2,1-2H3. The van der Waals surface area contributed by atoms with Gasteiger partial charge in [0.1, 0.15) is 5.75 Å². The van der Waals surface area contributed by atoms with Crippen LogP contribution >= 0.6 is 0 Å². The number of allylic oxidation sites excluding steroid dienone is 4. The summed E-state index contributed by atoms with van der Waals surface area (Å²) in [4.78, 5) is 13.9. The van der Waals surface area contributed by atoms with Gasteiger partial charge in [-0.15, -0.1) is 0 Å². The molecule has 1 aliphatic carbocycles. The fraction of sp³-hybridized carbons (Fsp3) is 0.235. The Morgan fingerprint density at radius 2 is 2.15 bits per heavy atom. The number of methoxy groups -OCH3 is 1. The third-order valence-electron chi connectivity index (χ3n) is 3.94. The van der Waals surface area contributed by atoms with Gasteiger partial charge in [-0.25, -0.2) is 0 Å². The zero-order valence-electron chi connectivity index (χ0n) is 11.7. The number of fused-ring (bicyclic) bond motifs is 1. The zero-order valence-corrected chi connectivity index (χ0v) is 11.7. The van der Waals surface area contributed by atoms with E-state index in [2.05, 4.69) is 18.3 Å². The van der Waals surface area contributed by atoms with Crippen molar-refractivity contribution >= 4 is 5.78 Å². The van der Waals surface area contributed by atoms with Gasteiger partial charge in [0.05, 0.1) is 7.11 Å². The Morgan fingerprint density at radius 1 is 1.30 bits per heavy atom. The lowest BCUT2D eigenvalue weighted by molar-refractivity contribution is -0.115. The van der Waals surface area contributed by atoms with Gasteiger partial charge in [0, 0.05) is 31.3 Å². The summed E-state index contributed by atoms with van der Waals surface area (Å²) < 4.78 is 5.31. The molecular weight excluding hydrogens is 250 g/mol. The molecule has 0 amide bonds. The minimum absolute atomic E-state index is 0.152. The van der Waals surface area contributed by atoms with Crippen LogP contribution in [0.1, 0.15) is 12.0 Å². The van der Waals surface area contributed by atoms with Crippen LogP contribution in [0, 0.1) is 0 Å². The maximum absolute atomic E-state index is 11.9. The number of carbonyl (C=O) groups excluding carboxylic acids is 1. The SMILES string of the molecule is COc1cccc(C23C=CN(C)C=C2C=CC(=O)C3)c1. The van der Waals surface area contributed by atoms with Crippen LogP contribution in [-0.4, -0.2) is 24.8 Å². The molecule has 0 spiro atoms. The monoisotopic (exact) mass is 267 g/mol. The molecule has 1 unspecified atom stereocenters. The van der Waals surface area contributed by atoms with Crippen molar-refractivity contribution in [1.29, 1.82) is 0 Å². The molecule has 102 valence electrons. The van der Waals surface area contributed by atoms with Gasteiger partial charge in [0.2, 0.25) is 0 Å². The predicted octanol–water partition coefficient (Wildman–Crippen LogP) is 2.81. The van der Waals surface area contributed by atoms with Gasteiger partial charge in [-0.05, 0) is 29.3 Å². The van der Waals surface area contributed by atoms with Gasteiger partial charge < -0.3 is 9.64 Å². The molecule has 3 nitrogen and oxygen atoms in total. The third kappa shape index (κ3) is 1.95. The van der Waals surface area contributed by atoms with Crippen molar-refractivity contribution in [2.45, 2.75) is 11.8 Å². The second-order valence-electron chi connectivity index (χ2n) is 5.25. The van der Waals surface area contributed by atoms with E-state index >= 15 is 0 Å². The molecule has 2 aliphatic rings. The minimum atomic E-state index is -0.368. The average molecular weight is 267 g/mol. The van der Waals surface area contributed by atoms with Crippen LogP contribution < -0.4 is 4.74 Å². The van der Waals surface area contributed by atoms with Gasteiger partial charge in [-0.3, -0.25) is 4.79 Å². The number of carbonyl (C=O) groups is 1. The molecule has 0 bridgehead atoms. The van der Waals surface area contributed by atoms with Gasteiger partial charge in [0.15, 0.2) is 5.78 Å². The maximum atomic E-state index is 11.9. The van der Waals surface area contributed by atoms with E-state index in [9.17, 15) is 4.79 Å². The zero-order chi connectivity index (χ0) is 14.2. The van der Waals surface area contributed by atoms with Crippen LogP contribution in [0.25, 0.3) is 0 Å². The van der Waals surface area contributed by atoms with E-state index in [1.807, 2.05) is 42.4 Å². The first-order valence-electron chi connectivity index (χ1n) is 6.63. The average Bonchev–Trinajstić information content (AvgIpc) is 2.47. The number of benzene rings is 1. The summed E-state index contributed by atoms with van der Waals surface area (Å²) in [5, 5.41) is 0. The van der Waals surface area contributed by atoms with Crippen molar-refractivity contribution in [3.63, 3.8) is 0 Å². The molecule has 20 heavy (non-hydrogen) atoms. The first-order valence-corrected chi connectivity index (χ1v) is 6.63. The largest absolute Gasteiger partial charge is 0.497 e. The van der Waals surface area contributed by atoms with Crippen molar-refractivity contribution in [2.75, 3.05) is 14.2 Å². The summed E-state index contributed by atoms with van der Waals surface area (Å²) in [5.74, 6) is 0.963. The number of hydrogen-bond acceptors (Lipinski definition) is 3. The fourth-order valence-corrected chi connectivity index (χ4v) is 2.85. The maximum Gasteiger partial charge on any atom is 0.157 e. The molecule has 1 atom stereocenters. The Morgan fingerprint density at radius 3 is 2.95 bits per heavy atom. The lowest BCUT2D eigenvalue weighted by Crippen LogP contribution is -2.34. The molecular formula is C17H17NO2. The molecule has 1 aliphatic heterocycles. The Labute approximate surface area is 118 Å². The molecule has 1 aromatic rings. The van der Waals surface area contributed by atoms with E-state index in [0.717, 1.165) is 16.9 Å². The number of hydrogen-bond donors (Lipinski definition) is 0. The predicted molar refractivity (Wildman–Crippen MR) is 78.4 cm³/mol. The Hall–Kier alpha value is -2.29. The highest BCUT2D eigenvalue weighted by Crippen LogP contribution is 2.43. The molecule has 0 saturated carbocycles. The van der Waals surface area contributed by atoms with Crippen LogP contribution in [0.5, 0.6) is 5.75 Å². The van der Waals surface area contributed by atoms with Crippen LogP contribution in [0.4, 0.5) is 0 Å². The molecule has 3 heteroatoms. The van der Waals surface area contributed by atoms with E-state index in [-0.39, 0.29) is 11.2 Å². The second kappa shape index (κ2) is 4.67. The Balaban J connectivity index is 2.16. The van der Waals surface area contributed by atoms with Crippen LogP contribution in [0.2, 0.25) is 0 Å². The molecule has 3 rings (SSSR count). The van der Waals surface area contributed by atoms with Crippen LogP contribution in [0.15, 0.2) is 60.5 Å². The summed E-state index contributed by atoms with van der Waals surface area (Å²) >= 11 is 0. The van der Waals surface area contributed by atoms with Crippen molar-refractivity contribution in [2.24, 2.45) is 0 Å². The summed E-state index contributed by atoms with van der Waals surface area (Å²) in [6.45, 7) is 0. The summed E-state index contributed by atoms with van der Waals surface area (Å²) in [7, 11) is 3.65. The third-order valence-corrected chi connectivity index (χ3v) is 3.94. The van der Waals surface area contributed by atoms with Crippen molar-refractivity contribution in [3.8, 4) is 5.75 Å². The second-order valence-corrected chi connectivity index (χ2v) is 5.25. The number of nitrogens with zero attached hydrogens (tertiary/aromatic N) is 1. The Bertz CT molecular complexity index is 642. The van der Waals surface area contributed by atoms with Gasteiger partial charge in [0.25, 0.3) is 0 Å². The van der Waals surface area contributed by atoms with E-state index in [1.165, 1.54) is 0 Å².